The smallest absolute Gasteiger partial charge is 0.293 e. The molecule has 11 heteroatoms. The molecule has 0 atom stereocenters. The molecule has 0 amide bonds. The van der Waals surface area contributed by atoms with E-state index >= 15 is 0 Å². The second-order valence-electron chi connectivity index (χ2n) is 7.31. The van der Waals surface area contributed by atoms with Crippen LogP contribution in [0.2, 0.25) is 0 Å². The van der Waals surface area contributed by atoms with E-state index in [1.807, 2.05) is 43.0 Å². The molecule has 2 aromatic carbocycles. The first-order chi connectivity index (χ1) is 14.7. The Bertz CT molecular complexity index is 1060. The number of nitro groups is 1. The molecule has 31 heavy (non-hydrogen) atoms. The summed E-state index contributed by atoms with van der Waals surface area (Å²) < 4.78 is 38.3. The quantitative estimate of drug-likeness (QED) is 0.433. The third-order valence-electron chi connectivity index (χ3n) is 4.84. The fraction of sp³-hybridized carbons (Fsp3) is 0.400. The number of hydrogen-bond acceptors (Lipinski definition) is 8. The van der Waals surface area contributed by atoms with Gasteiger partial charge < -0.3 is 19.3 Å². The summed E-state index contributed by atoms with van der Waals surface area (Å²) in [6, 6.07) is 9.49. The third-order valence-corrected chi connectivity index (χ3v) is 6.30. The molecule has 0 saturated carbocycles. The zero-order chi connectivity index (χ0) is 22.6. The number of anilines is 1. The lowest BCUT2D eigenvalue weighted by molar-refractivity contribution is -0.384. The number of likely N-dealkylation sites (N-methyl/N-ethyl adjacent to an activating group) is 1. The van der Waals surface area contributed by atoms with E-state index in [1.54, 1.807) is 6.07 Å². The fourth-order valence-electron chi connectivity index (χ4n) is 3.20. The van der Waals surface area contributed by atoms with Crippen LogP contribution in [0.5, 0.6) is 11.5 Å². The number of nitro benzene ring substituents is 1. The molecule has 0 aromatic heterocycles. The molecule has 3 rings (SSSR count). The second kappa shape index (κ2) is 9.50. The maximum Gasteiger partial charge on any atom is 0.293 e. The molecule has 0 unspecified atom stereocenters. The number of sulfonamides is 1. The summed E-state index contributed by atoms with van der Waals surface area (Å²) in [4.78, 5) is 14.7. The van der Waals surface area contributed by atoms with Crippen molar-refractivity contribution in [2.24, 2.45) is 0 Å². The van der Waals surface area contributed by atoms with Crippen LogP contribution in [0, 0.1) is 10.1 Å². The van der Waals surface area contributed by atoms with Crippen LogP contribution >= 0.6 is 0 Å². The largest absolute Gasteiger partial charge is 0.454 e. The molecule has 1 heterocycles. The maximum atomic E-state index is 12.5. The van der Waals surface area contributed by atoms with Crippen molar-refractivity contribution in [1.82, 2.24) is 9.62 Å². The van der Waals surface area contributed by atoms with Gasteiger partial charge in [0.05, 0.1) is 9.82 Å². The molecule has 2 aromatic rings. The number of nitrogens with one attached hydrogen (secondary N) is 1. The minimum Gasteiger partial charge on any atom is -0.454 e. The Labute approximate surface area is 181 Å². The van der Waals surface area contributed by atoms with Gasteiger partial charge in [-0.25, -0.2) is 13.1 Å². The summed E-state index contributed by atoms with van der Waals surface area (Å²) in [5.41, 5.74) is 0.970. The SMILES string of the molecule is CCN(Cc1ccc2c(c1)OCO2)c1ccc(S(=O)(=O)NCCN(C)C)cc1[N+](=O)[O-]. The van der Waals surface area contributed by atoms with E-state index in [9.17, 15) is 18.5 Å². The summed E-state index contributed by atoms with van der Waals surface area (Å²) in [7, 11) is -0.203. The Hall–Kier alpha value is -2.89. The predicted molar refractivity (Wildman–Crippen MR) is 116 cm³/mol. The first-order valence-corrected chi connectivity index (χ1v) is 11.3. The Balaban J connectivity index is 1.86. The number of ether oxygens (including phenoxy) is 2. The number of nitrogens with zero attached hydrogens (tertiary/aromatic N) is 3. The van der Waals surface area contributed by atoms with E-state index in [4.69, 9.17) is 9.47 Å². The highest BCUT2D eigenvalue weighted by atomic mass is 32.2. The van der Waals surface area contributed by atoms with Crippen LogP contribution in [0.4, 0.5) is 11.4 Å². The predicted octanol–water partition coefficient (Wildman–Crippen LogP) is 2.19. The van der Waals surface area contributed by atoms with Gasteiger partial charge in [0.15, 0.2) is 11.5 Å². The van der Waals surface area contributed by atoms with Crippen molar-refractivity contribution in [3.05, 3.63) is 52.1 Å². The van der Waals surface area contributed by atoms with Crippen LogP contribution < -0.4 is 19.1 Å². The Morgan fingerprint density at radius 2 is 1.87 bits per heavy atom. The van der Waals surface area contributed by atoms with Crippen molar-refractivity contribution in [3.8, 4) is 11.5 Å². The van der Waals surface area contributed by atoms with Gasteiger partial charge in [0, 0.05) is 32.2 Å². The molecule has 168 valence electrons. The number of fused-ring (bicyclic) bond motifs is 1. The Morgan fingerprint density at radius 1 is 1.13 bits per heavy atom. The molecular formula is C20H26N4O6S. The molecule has 1 aliphatic heterocycles. The van der Waals surface area contributed by atoms with Crippen LogP contribution in [0.1, 0.15) is 12.5 Å². The topological polar surface area (TPSA) is 114 Å². The third kappa shape index (κ3) is 5.43. The van der Waals surface area contributed by atoms with Gasteiger partial charge in [-0.3, -0.25) is 10.1 Å². The minimum atomic E-state index is -3.86. The van der Waals surface area contributed by atoms with Gasteiger partial charge in [0.2, 0.25) is 16.8 Å². The number of hydrogen-bond donors (Lipinski definition) is 1. The van der Waals surface area contributed by atoms with Crippen LogP contribution in [-0.2, 0) is 16.6 Å². The van der Waals surface area contributed by atoms with Crippen molar-refractivity contribution in [3.63, 3.8) is 0 Å². The summed E-state index contributed by atoms with van der Waals surface area (Å²) >= 11 is 0. The first kappa shape index (κ1) is 22.8. The molecular weight excluding hydrogens is 424 g/mol. The molecule has 0 bridgehead atoms. The molecule has 1 aliphatic rings. The molecule has 0 aliphatic carbocycles. The summed E-state index contributed by atoms with van der Waals surface area (Å²) in [5, 5.41) is 11.8. The number of rotatable bonds is 10. The van der Waals surface area contributed by atoms with Crippen LogP contribution in [0.3, 0.4) is 0 Å². The standard InChI is InChI=1S/C20H26N4O6S/c1-4-23(13-15-5-8-19-20(11-15)30-14-29-19)17-7-6-16(12-18(17)24(25)26)31(27,28)21-9-10-22(2)3/h5-8,11-12,21H,4,9-10,13-14H2,1-3H3. The lowest BCUT2D eigenvalue weighted by Gasteiger charge is -2.23. The van der Waals surface area contributed by atoms with E-state index in [2.05, 4.69) is 4.72 Å². The highest BCUT2D eigenvalue weighted by Crippen LogP contribution is 2.35. The van der Waals surface area contributed by atoms with Crippen molar-refractivity contribution >= 4 is 21.4 Å². The molecule has 0 fully saturated rings. The Morgan fingerprint density at radius 3 is 2.55 bits per heavy atom. The average molecular weight is 451 g/mol. The first-order valence-electron chi connectivity index (χ1n) is 9.77. The highest BCUT2D eigenvalue weighted by Gasteiger charge is 2.24. The zero-order valence-corrected chi connectivity index (χ0v) is 18.5. The monoisotopic (exact) mass is 450 g/mol. The van der Waals surface area contributed by atoms with E-state index in [-0.39, 0.29) is 23.9 Å². The van der Waals surface area contributed by atoms with E-state index in [0.29, 0.717) is 36.8 Å². The van der Waals surface area contributed by atoms with Crippen molar-refractivity contribution in [1.29, 1.82) is 0 Å². The molecule has 0 radical (unpaired) electrons. The zero-order valence-electron chi connectivity index (χ0n) is 17.7. The van der Waals surface area contributed by atoms with Gasteiger partial charge >= 0.3 is 0 Å². The molecule has 0 saturated heterocycles. The lowest BCUT2D eigenvalue weighted by atomic mass is 10.1. The van der Waals surface area contributed by atoms with E-state index in [0.717, 1.165) is 11.6 Å². The minimum absolute atomic E-state index is 0.138. The molecule has 10 nitrogen and oxygen atoms in total. The lowest BCUT2D eigenvalue weighted by Crippen LogP contribution is -2.31. The van der Waals surface area contributed by atoms with Gasteiger partial charge in [-0.2, -0.15) is 0 Å². The average Bonchev–Trinajstić information content (AvgIpc) is 3.19. The highest BCUT2D eigenvalue weighted by molar-refractivity contribution is 7.89. The summed E-state index contributed by atoms with van der Waals surface area (Å²) in [6.07, 6.45) is 0. The van der Waals surface area contributed by atoms with Gasteiger partial charge in [-0.15, -0.1) is 0 Å². The van der Waals surface area contributed by atoms with E-state index in [1.165, 1.54) is 12.1 Å². The van der Waals surface area contributed by atoms with Gasteiger partial charge in [0.25, 0.3) is 5.69 Å². The van der Waals surface area contributed by atoms with Gasteiger partial charge in [0.1, 0.15) is 5.69 Å². The van der Waals surface area contributed by atoms with Crippen molar-refractivity contribution in [2.45, 2.75) is 18.4 Å². The maximum absolute atomic E-state index is 12.5. The summed E-state index contributed by atoms with van der Waals surface area (Å²) in [6.45, 7) is 3.64. The second-order valence-corrected chi connectivity index (χ2v) is 9.08. The molecule has 0 spiro atoms. The fourth-order valence-corrected chi connectivity index (χ4v) is 4.24. The van der Waals surface area contributed by atoms with Crippen molar-refractivity contribution < 1.29 is 22.8 Å². The number of benzene rings is 2. The normalized spacial score (nSPS) is 12.9. The van der Waals surface area contributed by atoms with E-state index < -0.39 is 14.9 Å². The van der Waals surface area contributed by atoms with Gasteiger partial charge in [-0.1, -0.05) is 6.07 Å². The van der Waals surface area contributed by atoms with Crippen LogP contribution in [0.15, 0.2) is 41.3 Å². The van der Waals surface area contributed by atoms with Gasteiger partial charge in [-0.05, 0) is 50.8 Å². The molecule has 1 N–H and O–H groups in total. The van der Waals surface area contributed by atoms with Crippen LogP contribution in [-0.4, -0.2) is 58.8 Å². The van der Waals surface area contributed by atoms with Crippen LogP contribution in [0.25, 0.3) is 0 Å². The Kier molecular flexibility index (Phi) is 6.98. The summed E-state index contributed by atoms with van der Waals surface area (Å²) in [5.74, 6) is 1.29. The van der Waals surface area contributed by atoms with Crippen molar-refractivity contribution in [2.75, 3.05) is 45.4 Å².